The molecule has 1 heterocycles. The first-order chi connectivity index (χ1) is 5.65. The van der Waals surface area contributed by atoms with E-state index in [-0.39, 0.29) is 5.56 Å². The summed E-state index contributed by atoms with van der Waals surface area (Å²) < 4.78 is 0. The number of allylic oxidation sites excluding steroid dienone is 1. The van der Waals surface area contributed by atoms with Gasteiger partial charge in [0, 0.05) is 11.3 Å². The number of nitrogens with one attached hydrogen (secondary N) is 1. The third kappa shape index (κ3) is 1.64. The van der Waals surface area contributed by atoms with Gasteiger partial charge >= 0.3 is 0 Å². The van der Waals surface area contributed by atoms with E-state index < -0.39 is 0 Å². The van der Waals surface area contributed by atoms with Gasteiger partial charge in [0.05, 0.1) is 0 Å². The van der Waals surface area contributed by atoms with Crippen molar-refractivity contribution in [3.8, 4) is 0 Å². The second-order valence-corrected chi connectivity index (χ2v) is 2.88. The molecule has 2 nitrogen and oxygen atoms in total. The van der Waals surface area contributed by atoms with Crippen LogP contribution in [-0.2, 0) is 0 Å². The van der Waals surface area contributed by atoms with Crippen LogP contribution in [0.2, 0.25) is 0 Å². The topological polar surface area (TPSA) is 32.9 Å². The number of H-pyrrole nitrogens is 1. The van der Waals surface area contributed by atoms with Crippen LogP contribution in [0.25, 0.3) is 6.08 Å². The maximum absolute atomic E-state index is 11.2. The third-order valence-electron chi connectivity index (χ3n) is 1.80. The first-order valence-corrected chi connectivity index (χ1v) is 3.98. The second kappa shape index (κ2) is 3.39. The van der Waals surface area contributed by atoms with Gasteiger partial charge in [0.25, 0.3) is 5.56 Å². The summed E-state index contributed by atoms with van der Waals surface area (Å²) in [5.41, 5.74) is 2.76. The van der Waals surface area contributed by atoms with Crippen molar-refractivity contribution in [2.24, 2.45) is 0 Å². The van der Waals surface area contributed by atoms with Gasteiger partial charge in [0.2, 0.25) is 0 Å². The molecule has 0 saturated carbocycles. The van der Waals surface area contributed by atoms with Crippen LogP contribution in [-0.4, -0.2) is 4.98 Å². The number of aromatic amines is 1. The van der Waals surface area contributed by atoms with Gasteiger partial charge in [-0.3, -0.25) is 4.79 Å². The first-order valence-electron chi connectivity index (χ1n) is 3.98. The fourth-order valence-corrected chi connectivity index (χ4v) is 1.13. The molecule has 64 valence electrons. The lowest BCUT2D eigenvalue weighted by Crippen LogP contribution is -2.11. The molecule has 0 spiro atoms. The number of hydrogen-bond acceptors (Lipinski definition) is 1. The van der Waals surface area contributed by atoms with E-state index in [1.54, 1.807) is 0 Å². The van der Waals surface area contributed by atoms with E-state index in [0.717, 1.165) is 16.8 Å². The van der Waals surface area contributed by atoms with Crippen LogP contribution < -0.4 is 5.56 Å². The van der Waals surface area contributed by atoms with Crippen molar-refractivity contribution in [1.82, 2.24) is 4.98 Å². The van der Waals surface area contributed by atoms with E-state index in [1.165, 1.54) is 0 Å². The van der Waals surface area contributed by atoms with Crippen molar-refractivity contribution in [2.45, 2.75) is 20.8 Å². The summed E-state index contributed by atoms with van der Waals surface area (Å²) in [5, 5.41) is 0. The van der Waals surface area contributed by atoms with E-state index in [4.69, 9.17) is 0 Å². The molecule has 0 bridgehead atoms. The Labute approximate surface area is 71.9 Å². The molecule has 0 saturated heterocycles. The van der Waals surface area contributed by atoms with Gasteiger partial charge in [0.15, 0.2) is 0 Å². The van der Waals surface area contributed by atoms with Gasteiger partial charge in [0.1, 0.15) is 0 Å². The number of rotatable bonds is 1. The van der Waals surface area contributed by atoms with E-state index in [2.05, 4.69) is 4.98 Å². The summed E-state index contributed by atoms with van der Waals surface area (Å²) in [6.07, 6.45) is 3.81. The van der Waals surface area contributed by atoms with Crippen LogP contribution >= 0.6 is 0 Å². The first kappa shape index (κ1) is 8.78. The lowest BCUT2D eigenvalue weighted by Gasteiger charge is -2.00. The Balaban J connectivity index is 3.33. The summed E-state index contributed by atoms with van der Waals surface area (Å²) in [7, 11) is 0. The molecule has 0 aliphatic carbocycles. The molecule has 0 aliphatic rings. The van der Waals surface area contributed by atoms with Gasteiger partial charge < -0.3 is 4.98 Å². The molecular formula is C10H13NO. The summed E-state index contributed by atoms with van der Waals surface area (Å²) in [6, 6.07) is 1.90. The van der Waals surface area contributed by atoms with Crippen LogP contribution in [0.5, 0.6) is 0 Å². The number of hydrogen-bond donors (Lipinski definition) is 1. The fourth-order valence-electron chi connectivity index (χ4n) is 1.13. The zero-order valence-corrected chi connectivity index (χ0v) is 7.64. The predicted molar refractivity (Wildman–Crippen MR) is 51.2 cm³/mol. The molecule has 0 aromatic carbocycles. The predicted octanol–water partition coefficient (Wildman–Crippen LogP) is 2.02. The summed E-state index contributed by atoms with van der Waals surface area (Å²) in [6.45, 7) is 5.72. The molecule has 0 radical (unpaired) electrons. The SMILES string of the molecule is C/C=C\c1[nH]c(=O)c(C)cc1C. The maximum atomic E-state index is 11.2. The Hall–Kier alpha value is -1.31. The van der Waals surface area contributed by atoms with E-state index in [1.807, 2.05) is 39.0 Å². The van der Waals surface area contributed by atoms with Crippen LogP contribution in [0.3, 0.4) is 0 Å². The Bertz CT molecular complexity index is 361. The maximum Gasteiger partial charge on any atom is 0.251 e. The van der Waals surface area contributed by atoms with Crippen molar-refractivity contribution in [2.75, 3.05) is 0 Å². The highest BCUT2D eigenvalue weighted by atomic mass is 16.1. The fraction of sp³-hybridized carbons (Fsp3) is 0.300. The smallest absolute Gasteiger partial charge is 0.251 e. The monoisotopic (exact) mass is 163 g/mol. The average molecular weight is 163 g/mol. The molecule has 12 heavy (non-hydrogen) atoms. The van der Waals surface area contributed by atoms with Gasteiger partial charge in [-0.1, -0.05) is 6.08 Å². The van der Waals surface area contributed by atoms with Gasteiger partial charge in [-0.05, 0) is 38.5 Å². The number of aromatic nitrogens is 1. The number of aryl methyl sites for hydroxylation is 2. The highest BCUT2D eigenvalue weighted by molar-refractivity contribution is 5.48. The van der Waals surface area contributed by atoms with E-state index >= 15 is 0 Å². The van der Waals surface area contributed by atoms with Gasteiger partial charge in [-0.15, -0.1) is 0 Å². The molecule has 1 N–H and O–H groups in total. The van der Waals surface area contributed by atoms with E-state index in [9.17, 15) is 4.79 Å². The van der Waals surface area contributed by atoms with Crippen molar-refractivity contribution < 1.29 is 0 Å². The lowest BCUT2D eigenvalue weighted by atomic mass is 10.1. The van der Waals surface area contributed by atoms with Crippen LogP contribution in [0, 0.1) is 13.8 Å². The second-order valence-electron chi connectivity index (χ2n) is 2.88. The minimum atomic E-state index is -0.00583. The lowest BCUT2D eigenvalue weighted by molar-refractivity contribution is 1.13. The quantitative estimate of drug-likeness (QED) is 0.675. The molecule has 1 aromatic rings. The molecule has 0 fully saturated rings. The molecule has 0 amide bonds. The summed E-state index contributed by atoms with van der Waals surface area (Å²) >= 11 is 0. The minimum absolute atomic E-state index is 0.00583. The Morgan fingerprint density at radius 2 is 2.00 bits per heavy atom. The van der Waals surface area contributed by atoms with Crippen molar-refractivity contribution in [3.05, 3.63) is 39.3 Å². The van der Waals surface area contributed by atoms with Crippen LogP contribution in [0.4, 0.5) is 0 Å². The third-order valence-corrected chi connectivity index (χ3v) is 1.80. The highest BCUT2D eigenvalue weighted by Gasteiger charge is 1.97. The van der Waals surface area contributed by atoms with Crippen molar-refractivity contribution >= 4 is 6.08 Å². The number of pyridine rings is 1. The summed E-state index contributed by atoms with van der Waals surface area (Å²) in [4.78, 5) is 14.0. The molecule has 1 rings (SSSR count). The Morgan fingerprint density at radius 1 is 1.33 bits per heavy atom. The minimum Gasteiger partial charge on any atom is -0.322 e. The molecular weight excluding hydrogens is 150 g/mol. The zero-order valence-electron chi connectivity index (χ0n) is 7.64. The van der Waals surface area contributed by atoms with Crippen LogP contribution in [0.15, 0.2) is 16.9 Å². The highest BCUT2D eigenvalue weighted by Crippen LogP contribution is 2.04. The molecule has 0 unspecified atom stereocenters. The molecule has 0 atom stereocenters. The largest absolute Gasteiger partial charge is 0.322 e. The molecule has 2 heteroatoms. The van der Waals surface area contributed by atoms with Crippen molar-refractivity contribution in [3.63, 3.8) is 0 Å². The van der Waals surface area contributed by atoms with Gasteiger partial charge in [-0.25, -0.2) is 0 Å². The summed E-state index contributed by atoms with van der Waals surface area (Å²) in [5.74, 6) is 0. The standard InChI is InChI=1S/C10H13NO/c1-4-5-9-7(2)6-8(3)10(12)11-9/h4-6H,1-3H3,(H,11,12)/b5-4-. The van der Waals surface area contributed by atoms with E-state index in [0.29, 0.717) is 0 Å². The van der Waals surface area contributed by atoms with Crippen LogP contribution in [0.1, 0.15) is 23.7 Å². The molecule has 1 aromatic heterocycles. The average Bonchev–Trinajstić information content (AvgIpc) is 2.01. The Morgan fingerprint density at radius 3 is 2.58 bits per heavy atom. The normalized spacial score (nSPS) is 10.9. The Kier molecular flexibility index (Phi) is 2.48. The van der Waals surface area contributed by atoms with Gasteiger partial charge in [-0.2, -0.15) is 0 Å². The van der Waals surface area contributed by atoms with Crippen molar-refractivity contribution in [1.29, 1.82) is 0 Å². The molecule has 0 aliphatic heterocycles. The zero-order chi connectivity index (χ0) is 9.14.